The molecular weight excluding hydrogens is 298 g/mol. The summed E-state index contributed by atoms with van der Waals surface area (Å²) in [6.45, 7) is 7.57. The summed E-state index contributed by atoms with van der Waals surface area (Å²) in [5, 5.41) is 7.81. The average molecular weight is 325 g/mol. The van der Waals surface area contributed by atoms with Crippen molar-refractivity contribution in [2.45, 2.75) is 26.8 Å². The number of nitrogens with zero attached hydrogens (tertiary/aromatic N) is 4. The molecule has 1 saturated heterocycles. The normalized spacial score (nSPS) is 21.8. The fraction of sp³-hybridized carbons (Fsp3) is 0.474. The van der Waals surface area contributed by atoms with Crippen LogP contribution in [0.1, 0.15) is 25.8 Å². The van der Waals surface area contributed by atoms with Gasteiger partial charge in [0.05, 0.1) is 5.69 Å². The summed E-state index contributed by atoms with van der Waals surface area (Å²) in [6.07, 6.45) is 5.06. The van der Waals surface area contributed by atoms with Crippen LogP contribution in [-0.4, -0.2) is 40.8 Å². The molecule has 1 aliphatic rings. The molecule has 3 rings (SSSR count). The molecule has 0 amide bonds. The highest BCUT2D eigenvalue weighted by atomic mass is 15.3. The molecule has 2 atom stereocenters. The van der Waals surface area contributed by atoms with E-state index in [9.17, 15) is 0 Å². The zero-order valence-corrected chi connectivity index (χ0v) is 14.8. The van der Waals surface area contributed by atoms with E-state index in [4.69, 9.17) is 0 Å². The number of nitrogens with one attached hydrogen (secondary N) is 1. The van der Waals surface area contributed by atoms with E-state index in [1.165, 1.54) is 12.0 Å². The number of hydrogen-bond donors (Lipinski definition) is 1. The summed E-state index contributed by atoms with van der Waals surface area (Å²) < 4.78 is 1.88. The SMILES string of the molecule is CN=C(NCc1cccc(-n2cccn2)c1)N1CC(C)CC(C)C1. The van der Waals surface area contributed by atoms with Gasteiger partial charge in [-0.3, -0.25) is 4.99 Å². The number of guanidine groups is 1. The Morgan fingerprint density at radius 1 is 1.25 bits per heavy atom. The monoisotopic (exact) mass is 325 g/mol. The first kappa shape index (κ1) is 16.6. The lowest BCUT2D eigenvalue weighted by Crippen LogP contribution is -2.48. The van der Waals surface area contributed by atoms with Gasteiger partial charge in [-0.1, -0.05) is 26.0 Å². The lowest BCUT2D eigenvalue weighted by molar-refractivity contribution is 0.208. The molecular formula is C19H27N5. The Labute approximate surface area is 144 Å². The van der Waals surface area contributed by atoms with E-state index in [1.54, 1.807) is 6.20 Å². The van der Waals surface area contributed by atoms with Gasteiger partial charge < -0.3 is 10.2 Å². The van der Waals surface area contributed by atoms with Gasteiger partial charge in [0.25, 0.3) is 0 Å². The Balaban J connectivity index is 1.65. The van der Waals surface area contributed by atoms with Gasteiger partial charge in [0.2, 0.25) is 0 Å². The molecule has 1 N–H and O–H groups in total. The third-order valence-electron chi connectivity index (χ3n) is 4.51. The lowest BCUT2D eigenvalue weighted by atomic mass is 9.92. The number of hydrogen-bond acceptors (Lipinski definition) is 2. The van der Waals surface area contributed by atoms with Crippen molar-refractivity contribution in [2.75, 3.05) is 20.1 Å². The van der Waals surface area contributed by atoms with Gasteiger partial charge in [0.1, 0.15) is 0 Å². The van der Waals surface area contributed by atoms with Crippen LogP contribution >= 0.6 is 0 Å². The van der Waals surface area contributed by atoms with Crippen LogP contribution in [0.15, 0.2) is 47.7 Å². The molecule has 1 aromatic heterocycles. The van der Waals surface area contributed by atoms with Crippen molar-refractivity contribution in [3.63, 3.8) is 0 Å². The van der Waals surface area contributed by atoms with Crippen LogP contribution in [0, 0.1) is 11.8 Å². The third-order valence-corrected chi connectivity index (χ3v) is 4.51. The quantitative estimate of drug-likeness (QED) is 0.697. The summed E-state index contributed by atoms with van der Waals surface area (Å²) in [5.41, 5.74) is 2.30. The molecule has 2 aromatic rings. The second-order valence-corrected chi connectivity index (χ2v) is 6.87. The Hall–Kier alpha value is -2.30. The molecule has 1 aromatic carbocycles. The number of aromatic nitrogens is 2. The smallest absolute Gasteiger partial charge is 0.193 e. The van der Waals surface area contributed by atoms with Crippen LogP contribution in [0.3, 0.4) is 0 Å². The Kier molecular flexibility index (Phi) is 5.18. The van der Waals surface area contributed by atoms with Crippen molar-refractivity contribution in [1.29, 1.82) is 0 Å². The van der Waals surface area contributed by atoms with E-state index < -0.39 is 0 Å². The van der Waals surface area contributed by atoms with E-state index >= 15 is 0 Å². The van der Waals surface area contributed by atoms with E-state index in [-0.39, 0.29) is 0 Å². The van der Waals surface area contributed by atoms with Crippen molar-refractivity contribution in [1.82, 2.24) is 20.0 Å². The molecule has 0 bridgehead atoms. The summed E-state index contributed by atoms with van der Waals surface area (Å²) in [5.74, 6) is 2.43. The van der Waals surface area contributed by atoms with Gasteiger partial charge in [0.15, 0.2) is 5.96 Å². The Morgan fingerprint density at radius 3 is 2.71 bits per heavy atom. The van der Waals surface area contributed by atoms with Gasteiger partial charge >= 0.3 is 0 Å². The van der Waals surface area contributed by atoms with Gasteiger partial charge in [-0.2, -0.15) is 5.10 Å². The first-order valence-corrected chi connectivity index (χ1v) is 8.70. The topological polar surface area (TPSA) is 45.5 Å². The second kappa shape index (κ2) is 7.51. The van der Waals surface area contributed by atoms with Crippen LogP contribution in [0.25, 0.3) is 5.69 Å². The molecule has 1 aliphatic heterocycles. The van der Waals surface area contributed by atoms with E-state index in [0.717, 1.165) is 43.1 Å². The van der Waals surface area contributed by atoms with Crippen LogP contribution in [0.5, 0.6) is 0 Å². The van der Waals surface area contributed by atoms with Gasteiger partial charge in [-0.25, -0.2) is 4.68 Å². The zero-order valence-electron chi connectivity index (χ0n) is 14.8. The van der Waals surface area contributed by atoms with Crippen molar-refractivity contribution >= 4 is 5.96 Å². The number of benzene rings is 1. The molecule has 1 fully saturated rings. The van der Waals surface area contributed by atoms with Crippen molar-refractivity contribution < 1.29 is 0 Å². The highest BCUT2D eigenvalue weighted by Crippen LogP contribution is 2.21. The minimum atomic E-state index is 0.718. The maximum Gasteiger partial charge on any atom is 0.193 e. The number of likely N-dealkylation sites (tertiary alicyclic amines) is 1. The van der Waals surface area contributed by atoms with E-state index in [0.29, 0.717) is 0 Å². The predicted molar refractivity (Wildman–Crippen MR) is 98.3 cm³/mol. The van der Waals surface area contributed by atoms with Crippen LogP contribution in [-0.2, 0) is 6.54 Å². The molecule has 2 unspecified atom stereocenters. The van der Waals surface area contributed by atoms with E-state index in [1.807, 2.05) is 24.0 Å². The third kappa shape index (κ3) is 3.96. The zero-order chi connectivity index (χ0) is 16.9. The Bertz CT molecular complexity index is 667. The maximum absolute atomic E-state index is 4.48. The van der Waals surface area contributed by atoms with E-state index in [2.05, 4.69) is 58.4 Å². The van der Waals surface area contributed by atoms with Crippen LogP contribution in [0.4, 0.5) is 0 Å². The predicted octanol–water partition coefficient (Wildman–Crippen LogP) is 2.93. The van der Waals surface area contributed by atoms with Gasteiger partial charge in [0, 0.05) is 39.1 Å². The lowest BCUT2D eigenvalue weighted by Gasteiger charge is -2.37. The van der Waals surface area contributed by atoms with Crippen molar-refractivity contribution in [3.8, 4) is 5.69 Å². The Morgan fingerprint density at radius 2 is 2.04 bits per heavy atom. The number of rotatable bonds is 3. The fourth-order valence-corrected chi connectivity index (χ4v) is 3.58. The molecule has 0 radical (unpaired) electrons. The molecule has 2 heterocycles. The van der Waals surface area contributed by atoms with Crippen molar-refractivity contribution in [2.24, 2.45) is 16.8 Å². The summed E-state index contributed by atoms with van der Waals surface area (Å²) in [4.78, 5) is 6.87. The molecule has 128 valence electrons. The van der Waals surface area contributed by atoms with Gasteiger partial charge in [-0.05, 0) is 42.0 Å². The van der Waals surface area contributed by atoms with Crippen LogP contribution in [0.2, 0.25) is 0 Å². The fourth-order valence-electron chi connectivity index (χ4n) is 3.58. The molecule has 0 spiro atoms. The maximum atomic E-state index is 4.48. The van der Waals surface area contributed by atoms with Crippen LogP contribution < -0.4 is 5.32 Å². The average Bonchev–Trinajstić information content (AvgIpc) is 3.09. The number of piperidine rings is 1. The standard InChI is InChI=1S/C19H27N5/c1-15-10-16(2)14-23(13-15)19(20-3)21-12-17-6-4-7-18(11-17)24-9-5-8-22-24/h4-9,11,15-16H,10,12-14H2,1-3H3,(H,20,21). The molecule has 0 saturated carbocycles. The highest BCUT2D eigenvalue weighted by molar-refractivity contribution is 5.80. The first-order chi connectivity index (χ1) is 11.7. The molecule has 24 heavy (non-hydrogen) atoms. The van der Waals surface area contributed by atoms with Crippen molar-refractivity contribution in [3.05, 3.63) is 48.3 Å². The first-order valence-electron chi connectivity index (χ1n) is 8.70. The van der Waals surface area contributed by atoms with Gasteiger partial charge in [-0.15, -0.1) is 0 Å². The summed E-state index contributed by atoms with van der Waals surface area (Å²) in [7, 11) is 1.87. The minimum Gasteiger partial charge on any atom is -0.352 e. The number of aliphatic imine (C=N–C) groups is 1. The summed E-state index contributed by atoms with van der Waals surface area (Å²) >= 11 is 0. The summed E-state index contributed by atoms with van der Waals surface area (Å²) in [6, 6.07) is 10.4. The largest absolute Gasteiger partial charge is 0.352 e. The highest BCUT2D eigenvalue weighted by Gasteiger charge is 2.23. The molecule has 5 heteroatoms. The minimum absolute atomic E-state index is 0.718. The molecule has 5 nitrogen and oxygen atoms in total. The molecule has 0 aliphatic carbocycles. The second-order valence-electron chi connectivity index (χ2n) is 6.87.